The van der Waals surface area contributed by atoms with Gasteiger partial charge in [-0.25, -0.2) is 9.37 Å². The number of hydrogen-bond donors (Lipinski definition) is 1. The Balaban J connectivity index is 2.45. The van der Waals surface area contributed by atoms with Crippen LogP contribution in [0.4, 0.5) is 17.6 Å². The summed E-state index contributed by atoms with van der Waals surface area (Å²) in [7, 11) is 0. The van der Waals surface area contributed by atoms with Crippen molar-refractivity contribution in [3.63, 3.8) is 0 Å². The standard InChI is InChI=1S/C14H14F4N2S/c1-3-19-8(2)12-7-21-13(20-12)10-6-9(15)4-5-11(10)14(16,17)18/h4-8,19H,3H2,1-2H3. The van der Waals surface area contributed by atoms with Gasteiger partial charge in [-0.1, -0.05) is 6.92 Å². The molecule has 7 heteroatoms. The van der Waals surface area contributed by atoms with Crippen LogP contribution in [0.15, 0.2) is 23.6 Å². The molecule has 0 bridgehead atoms. The SMILES string of the molecule is CCNC(C)c1csc(-c2cc(F)ccc2C(F)(F)F)n1. The molecule has 1 aromatic carbocycles. The van der Waals surface area contributed by atoms with Crippen LogP contribution >= 0.6 is 11.3 Å². The van der Waals surface area contributed by atoms with Gasteiger partial charge in [-0.05, 0) is 31.7 Å². The zero-order valence-electron chi connectivity index (χ0n) is 11.5. The van der Waals surface area contributed by atoms with Gasteiger partial charge in [0.15, 0.2) is 0 Å². The monoisotopic (exact) mass is 318 g/mol. The highest BCUT2D eigenvalue weighted by atomic mass is 32.1. The van der Waals surface area contributed by atoms with Crippen LogP contribution in [-0.4, -0.2) is 11.5 Å². The number of hydrogen-bond acceptors (Lipinski definition) is 3. The van der Waals surface area contributed by atoms with Gasteiger partial charge in [0.05, 0.1) is 11.3 Å². The van der Waals surface area contributed by atoms with Crippen LogP contribution in [0, 0.1) is 5.82 Å². The van der Waals surface area contributed by atoms with Crippen LogP contribution in [-0.2, 0) is 6.18 Å². The highest BCUT2D eigenvalue weighted by molar-refractivity contribution is 7.13. The topological polar surface area (TPSA) is 24.9 Å². The summed E-state index contributed by atoms with van der Waals surface area (Å²) < 4.78 is 52.3. The lowest BCUT2D eigenvalue weighted by molar-refractivity contribution is -0.137. The highest BCUT2D eigenvalue weighted by Crippen LogP contribution is 2.38. The van der Waals surface area contributed by atoms with E-state index in [1.54, 1.807) is 5.38 Å². The minimum Gasteiger partial charge on any atom is -0.309 e. The van der Waals surface area contributed by atoms with Gasteiger partial charge in [0.2, 0.25) is 0 Å². The Morgan fingerprint density at radius 1 is 1.33 bits per heavy atom. The van der Waals surface area contributed by atoms with E-state index >= 15 is 0 Å². The zero-order valence-corrected chi connectivity index (χ0v) is 12.3. The van der Waals surface area contributed by atoms with Crippen LogP contribution in [0.5, 0.6) is 0 Å². The third kappa shape index (κ3) is 3.59. The molecule has 0 fully saturated rings. The molecule has 2 aromatic rings. The Bertz CT molecular complexity index is 622. The Morgan fingerprint density at radius 3 is 2.67 bits per heavy atom. The lowest BCUT2D eigenvalue weighted by Crippen LogP contribution is -2.17. The molecule has 1 N–H and O–H groups in total. The first kappa shape index (κ1) is 15.9. The molecule has 2 nitrogen and oxygen atoms in total. The lowest BCUT2D eigenvalue weighted by Gasteiger charge is -2.11. The van der Waals surface area contributed by atoms with Crippen molar-refractivity contribution in [2.24, 2.45) is 0 Å². The number of halogens is 4. The van der Waals surface area contributed by atoms with Crippen molar-refractivity contribution in [3.05, 3.63) is 40.7 Å². The number of alkyl halides is 3. The number of aromatic nitrogens is 1. The smallest absolute Gasteiger partial charge is 0.309 e. The molecule has 0 aliphatic rings. The van der Waals surface area contributed by atoms with Crippen LogP contribution in [0.25, 0.3) is 10.6 Å². The molecule has 1 unspecified atom stereocenters. The van der Waals surface area contributed by atoms with E-state index in [1.165, 1.54) is 0 Å². The second-order valence-electron chi connectivity index (χ2n) is 4.54. The normalized spacial score (nSPS) is 13.4. The van der Waals surface area contributed by atoms with E-state index in [0.29, 0.717) is 5.69 Å². The lowest BCUT2D eigenvalue weighted by atomic mass is 10.1. The molecular weight excluding hydrogens is 304 g/mol. The van der Waals surface area contributed by atoms with Gasteiger partial charge in [0.25, 0.3) is 0 Å². The zero-order chi connectivity index (χ0) is 15.6. The number of nitrogens with one attached hydrogen (secondary N) is 1. The molecule has 0 spiro atoms. The van der Waals surface area contributed by atoms with Crippen LogP contribution in [0.2, 0.25) is 0 Å². The van der Waals surface area contributed by atoms with Gasteiger partial charge in [-0.2, -0.15) is 13.2 Å². The van der Waals surface area contributed by atoms with Crippen molar-refractivity contribution < 1.29 is 17.6 Å². The van der Waals surface area contributed by atoms with Crippen molar-refractivity contribution in [2.45, 2.75) is 26.1 Å². The number of thiazole rings is 1. The third-order valence-corrected chi connectivity index (χ3v) is 3.89. The average Bonchev–Trinajstić information content (AvgIpc) is 2.87. The van der Waals surface area contributed by atoms with Crippen LogP contribution in [0.3, 0.4) is 0 Å². The molecular formula is C14H14F4N2S. The molecule has 0 amide bonds. The van der Waals surface area contributed by atoms with E-state index in [-0.39, 0.29) is 16.6 Å². The number of benzene rings is 1. The largest absolute Gasteiger partial charge is 0.417 e. The van der Waals surface area contributed by atoms with Crippen molar-refractivity contribution in [2.75, 3.05) is 6.54 Å². The van der Waals surface area contributed by atoms with E-state index in [4.69, 9.17) is 0 Å². The van der Waals surface area contributed by atoms with Gasteiger partial charge >= 0.3 is 6.18 Å². The summed E-state index contributed by atoms with van der Waals surface area (Å²) in [5.74, 6) is -0.713. The first-order valence-electron chi connectivity index (χ1n) is 6.39. The minimum absolute atomic E-state index is 0.0668. The van der Waals surface area contributed by atoms with Crippen LogP contribution in [0.1, 0.15) is 31.1 Å². The quantitative estimate of drug-likeness (QED) is 0.831. The second kappa shape index (κ2) is 6.11. The summed E-state index contributed by atoms with van der Waals surface area (Å²) in [6.45, 7) is 4.53. The summed E-state index contributed by atoms with van der Waals surface area (Å²) in [5, 5.41) is 4.99. The van der Waals surface area contributed by atoms with E-state index < -0.39 is 17.6 Å². The van der Waals surface area contributed by atoms with Crippen molar-refractivity contribution >= 4 is 11.3 Å². The maximum Gasteiger partial charge on any atom is 0.417 e. The predicted molar refractivity (Wildman–Crippen MR) is 74.6 cm³/mol. The molecule has 2 rings (SSSR count). The van der Waals surface area contributed by atoms with E-state index in [2.05, 4.69) is 10.3 Å². The first-order chi connectivity index (χ1) is 9.82. The maximum atomic E-state index is 13.3. The summed E-state index contributed by atoms with van der Waals surface area (Å²) in [6, 6.07) is 2.37. The van der Waals surface area contributed by atoms with Crippen molar-refractivity contribution in [1.29, 1.82) is 0 Å². The minimum atomic E-state index is -4.54. The van der Waals surface area contributed by atoms with Gasteiger partial charge < -0.3 is 5.32 Å². The highest BCUT2D eigenvalue weighted by Gasteiger charge is 2.34. The fourth-order valence-corrected chi connectivity index (χ4v) is 2.90. The fraction of sp³-hybridized carbons (Fsp3) is 0.357. The number of rotatable bonds is 4. The van der Waals surface area contributed by atoms with E-state index in [9.17, 15) is 17.6 Å². The molecule has 0 aliphatic carbocycles. The Morgan fingerprint density at radius 2 is 2.05 bits per heavy atom. The average molecular weight is 318 g/mol. The molecule has 0 saturated carbocycles. The predicted octanol–water partition coefficient (Wildman–Crippen LogP) is 4.64. The molecule has 0 radical (unpaired) electrons. The summed E-state index contributed by atoms with van der Waals surface area (Å²) >= 11 is 1.08. The summed E-state index contributed by atoms with van der Waals surface area (Å²) in [4.78, 5) is 4.20. The van der Waals surface area contributed by atoms with Gasteiger partial charge in [-0.15, -0.1) is 11.3 Å². The Labute approximate surface area is 123 Å². The Kier molecular flexibility index (Phi) is 4.63. The molecule has 21 heavy (non-hydrogen) atoms. The summed E-state index contributed by atoms with van der Waals surface area (Å²) in [5.41, 5.74) is -0.447. The van der Waals surface area contributed by atoms with Crippen molar-refractivity contribution in [1.82, 2.24) is 10.3 Å². The molecule has 1 heterocycles. The first-order valence-corrected chi connectivity index (χ1v) is 7.26. The van der Waals surface area contributed by atoms with Gasteiger partial charge in [0, 0.05) is 17.0 Å². The van der Waals surface area contributed by atoms with Gasteiger partial charge in [-0.3, -0.25) is 0 Å². The van der Waals surface area contributed by atoms with E-state index in [0.717, 1.165) is 36.1 Å². The molecule has 1 atom stereocenters. The number of nitrogens with zero attached hydrogens (tertiary/aromatic N) is 1. The molecule has 1 aromatic heterocycles. The summed E-state index contributed by atoms with van der Waals surface area (Å²) in [6.07, 6.45) is -4.54. The molecule has 114 valence electrons. The van der Waals surface area contributed by atoms with Crippen LogP contribution < -0.4 is 5.32 Å². The fourth-order valence-electron chi connectivity index (χ4n) is 1.96. The van der Waals surface area contributed by atoms with E-state index in [1.807, 2.05) is 13.8 Å². The molecule has 0 saturated heterocycles. The second-order valence-corrected chi connectivity index (χ2v) is 5.40. The Hall–Kier alpha value is -1.47. The van der Waals surface area contributed by atoms with Crippen molar-refractivity contribution in [3.8, 4) is 10.6 Å². The third-order valence-electron chi connectivity index (χ3n) is 2.99. The maximum absolute atomic E-state index is 13.3. The van der Waals surface area contributed by atoms with Gasteiger partial charge in [0.1, 0.15) is 10.8 Å². The molecule has 0 aliphatic heterocycles.